The molecule has 0 atom stereocenters. The summed E-state index contributed by atoms with van der Waals surface area (Å²) in [6, 6.07) is 18.3. The monoisotopic (exact) mass is 325 g/mol. The first-order valence-electron chi connectivity index (χ1n) is 8.43. The van der Waals surface area contributed by atoms with Crippen LogP contribution < -0.4 is 15.8 Å². The molecular weight excluding hydrogens is 298 g/mol. The molecule has 128 valence electrons. The fraction of sp³-hybridized carbons (Fsp3) is 0.350. The summed E-state index contributed by atoms with van der Waals surface area (Å²) in [4.78, 5) is 4.37. The van der Waals surface area contributed by atoms with E-state index in [0.29, 0.717) is 18.4 Å². The van der Waals surface area contributed by atoms with Crippen molar-refractivity contribution in [2.45, 2.75) is 26.8 Å². The van der Waals surface area contributed by atoms with Gasteiger partial charge in [-0.3, -0.25) is 0 Å². The third-order valence-corrected chi connectivity index (χ3v) is 3.50. The summed E-state index contributed by atoms with van der Waals surface area (Å²) in [5, 5.41) is 3.15. The van der Waals surface area contributed by atoms with Crippen molar-refractivity contribution in [1.82, 2.24) is 5.32 Å². The van der Waals surface area contributed by atoms with Gasteiger partial charge in [-0.05, 0) is 35.6 Å². The van der Waals surface area contributed by atoms with Crippen LogP contribution in [-0.4, -0.2) is 19.1 Å². The third kappa shape index (κ3) is 6.73. The minimum atomic E-state index is 0.478. The van der Waals surface area contributed by atoms with Crippen molar-refractivity contribution in [2.24, 2.45) is 16.6 Å². The molecule has 2 rings (SSSR count). The fourth-order valence-corrected chi connectivity index (χ4v) is 2.17. The SMILES string of the molecule is CC(C)COc1ccc(CN=C(N)NCCc2ccccc2)cc1. The van der Waals surface area contributed by atoms with Gasteiger partial charge in [0.05, 0.1) is 13.2 Å². The lowest BCUT2D eigenvalue weighted by Gasteiger charge is -2.09. The Kier molecular flexibility index (Phi) is 7.15. The van der Waals surface area contributed by atoms with Gasteiger partial charge in [0.1, 0.15) is 5.75 Å². The maximum Gasteiger partial charge on any atom is 0.188 e. The summed E-state index contributed by atoms with van der Waals surface area (Å²) in [6.07, 6.45) is 0.930. The Morgan fingerprint density at radius 2 is 1.75 bits per heavy atom. The van der Waals surface area contributed by atoms with E-state index in [4.69, 9.17) is 10.5 Å². The van der Waals surface area contributed by atoms with Gasteiger partial charge in [0, 0.05) is 6.54 Å². The normalized spacial score (nSPS) is 11.5. The van der Waals surface area contributed by atoms with Crippen molar-refractivity contribution in [1.29, 1.82) is 0 Å². The van der Waals surface area contributed by atoms with Crippen molar-refractivity contribution in [3.8, 4) is 5.75 Å². The third-order valence-electron chi connectivity index (χ3n) is 3.50. The van der Waals surface area contributed by atoms with Crippen LogP contribution in [0.25, 0.3) is 0 Å². The molecule has 0 spiro atoms. The number of nitrogens with one attached hydrogen (secondary N) is 1. The molecule has 0 aliphatic carbocycles. The van der Waals surface area contributed by atoms with Crippen LogP contribution in [0.2, 0.25) is 0 Å². The average Bonchev–Trinajstić information content (AvgIpc) is 2.60. The van der Waals surface area contributed by atoms with Crippen molar-refractivity contribution in [3.05, 3.63) is 65.7 Å². The highest BCUT2D eigenvalue weighted by molar-refractivity contribution is 5.77. The molecule has 3 N–H and O–H groups in total. The number of rotatable bonds is 8. The molecule has 0 radical (unpaired) electrons. The van der Waals surface area contributed by atoms with E-state index in [-0.39, 0.29) is 0 Å². The Labute approximate surface area is 144 Å². The Bertz CT molecular complexity index is 621. The van der Waals surface area contributed by atoms with Crippen LogP contribution in [0.5, 0.6) is 5.75 Å². The largest absolute Gasteiger partial charge is 0.493 e. The molecule has 0 saturated heterocycles. The van der Waals surface area contributed by atoms with E-state index in [2.05, 4.69) is 36.3 Å². The highest BCUT2D eigenvalue weighted by atomic mass is 16.5. The van der Waals surface area contributed by atoms with Gasteiger partial charge >= 0.3 is 0 Å². The highest BCUT2D eigenvalue weighted by Gasteiger charge is 1.98. The molecule has 0 aromatic heterocycles. The van der Waals surface area contributed by atoms with Gasteiger partial charge in [0.25, 0.3) is 0 Å². The van der Waals surface area contributed by atoms with Crippen molar-refractivity contribution >= 4 is 5.96 Å². The predicted octanol–water partition coefficient (Wildman–Crippen LogP) is 3.37. The van der Waals surface area contributed by atoms with Crippen LogP contribution in [0.3, 0.4) is 0 Å². The molecule has 2 aromatic carbocycles. The molecule has 4 nitrogen and oxygen atoms in total. The molecule has 2 aromatic rings. The zero-order valence-corrected chi connectivity index (χ0v) is 14.5. The van der Waals surface area contributed by atoms with Crippen LogP contribution in [-0.2, 0) is 13.0 Å². The summed E-state index contributed by atoms with van der Waals surface area (Å²) >= 11 is 0. The van der Waals surface area contributed by atoms with E-state index >= 15 is 0 Å². The number of aliphatic imine (C=N–C) groups is 1. The van der Waals surface area contributed by atoms with E-state index in [9.17, 15) is 0 Å². The molecule has 0 fully saturated rings. The van der Waals surface area contributed by atoms with Gasteiger partial charge in [0.2, 0.25) is 0 Å². The summed E-state index contributed by atoms with van der Waals surface area (Å²) in [6.45, 7) is 6.35. The second-order valence-corrected chi connectivity index (χ2v) is 6.21. The van der Waals surface area contributed by atoms with Crippen LogP contribution in [0.1, 0.15) is 25.0 Å². The lowest BCUT2D eigenvalue weighted by Crippen LogP contribution is -2.33. The van der Waals surface area contributed by atoms with E-state index in [0.717, 1.165) is 30.9 Å². The number of ether oxygens (including phenoxy) is 1. The van der Waals surface area contributed by atoms with E-state index in [1.165, 1.54) is 5.56 Å². The molecule has 0 aliphatic rings. The minimum absolute atomic E-state index is 0.478. The molecule has 0 amide bonds. The number of hydrogen-bond donors (Lipinski definition) is 2. The average molecular weight is 325 g/mol. The van der Waals surface area contributed by atoms with Gasteiger partial charge in [-0.2, -0.15) is 0 Å². The van der Waals surface area contributed by atoms with E-state index in [1.54, 1.807) is 0 Å². The molecule has 0 aliphatic heterocycles. The lowest BCUT2D eigenvalue weighted by atomic mass is 10.1. The first-order valence-corrected chi connectivity index (χ1v) is 8.43. The topological polar surface area (TPSA) is 59.6 Å². The van der Waals surface area contributed by atoms with Crippen molar-refractivity contribution in [3.63, 3.8) is 0 Å². The van der Waals surface area contributed by atoms with Crippen molar-refractivity contribution in [2.75, 3.05) is 13.2 Å². The Morgan fingerprint density at radius 1 is 1.04 bits per heavy atom. The predicted molar refractivity (Wildman–Crippen MR) is 100 cm³/mol. The first-order chi connectivity index (χ1) is 11.6. The number of hydrogen-bond acceptors (Lipinski definition) is 2. The van der Waals surface area contributed by atoms with Gasteiger partial charge in [0.15, 0.2) is 5.96 Å². The van der Waals surface area contributed by atoms with Gasteiger partial charge in [-0.25, -0.2) is 4.99 Å². The van der Waals surface area contributed by atoms with E-state index in [1.807, 2.05) is 42.5 Å². The molecule has 0 bridgehead atoms. The van der Waals surface area contributed by atoms with E-state index < -0.39 is 0 Å². The molecule has 0 unspecified atom stereocenters. The quantitative estimate of drug-likeness (QED) is 0.578. The van der Waals surface area contributed by atoms with Gasteiger partial charge < -0.3 is 15.8 Å². The fourth-order valence-electron chi connectivity index (χ4n) is 2.17. The maximum atomic E-state index is 5.91. The Morgan fingerprint density at radius 3 is 2.42 bits per heavy atom. The Hall–Kier alpha value is -2.49. The first kappa shape index (κ1) is 17.9. The zero-order valence-electron chi connectivity index (χ0n) is 14.5. The number of guanidine groups is 1. The van der Waals surface area contributed by atoms with Crippen LogP contribution in [0.4, 0.5) is 0 Å². The number of nitrogens with zero attached hydrogens (tertiary/aromatic N) is 1. The molecule has 24 heavy (non-hydrogen) atoms. The summed E-state index contributed by atoms with van der Waals surface area (Å²) in [7, 11) is 0. The lowest BCUT2D eigenvalue weighted by molar-refractivity contribution is 0.271. The zero-order chi connectivity index (χ0) is 17.2. The summed E-state index contributed by atoms with van der Waals surface area (Å²) in [5.74, 6) is 1.90. The molecule has 0 heterocycles. The van der Waals surface area contributed by atoms with Crippen LogP contribution in [0, 0.1) is 5.92 Å². The standard InChI is InChI=1S/C20H27N3O/c1-16(2)15-24-19-10-8-18(9-11-19)14-23-20(21)22-13-12-17-6-4-3-5-7-17/h3-11,16H,12-15H2,1-2H3,(H3,21,22,23). The second-order valence-electron chi connectivity index (χ2n) is 6.21. The second kappa shape index (κ2) is 9.60. The summed E-state index contributed by atoms with van der Waals surface area (Å²) < 4.78 is 5.67. The molecule has 0 saturated carbocycles. The van der Waals surface area contributed by atoms with Gasteiger partial charge in [-0.15, -0.1) is 0 Å². The maximum absolute atomic E-state index is 5.91. The van der Waals surface area contributed by atoms with Gasteiger partial charge in [-0.1, -0.05) is 56.3 Å². The van der Waals surface area contributed by atoms with Crippen LogP contribution in [0.15, 0.2) is 59.6 Å². The Balaban J connectivity index is 1.73. The number of nitrogens with two attached hydrogens (primary N) is 1. The number of benzene rings is 2. The van der Waals surface area contributed by atoms with Crippen molar-refractivity contribution < 1.29 is 4.74 Å². The molecule has 4 heteroatoms. The summed E-state index contributed by atoms with van der Waals surface area (Å²) in [5.41, 5.74) is 8.31. The highest BCUT2D eigenvalue weighted by Crippen LogP contribution is 2.13. The smallest absolute Gasteiger partial charge is 0.188 e. The molecular formula is C20H27N3O. The van der Waals surface area contributed by atoms with Crippen LogP contribution >= 0.6 is 0 Å². The minimum Gasteiger partial charge on any atom is -0.493 e.